The highest BCUT2D eigenvalue weighted by atomic mass is 19.1. The molecule has 1 N–H and O–H groups in total. The number of halogens is 1. The molecule has 1 fully saturated rings. The Morgan fingerprint density at radius 2 is 2.03 bits per heavy atom. The van der Waals surface area contributed by atoms with Gasteiger partial charge in [-0.3, -0.25) is 4.90 Å². The van der Waals surface area contributed by atoms with Gasteiger partial charge in [0.15, 0.2) is 5.82 Å². The maximum absolute atomic E-state index is 14.7. The molecule has 1 aromatic carbocycles. The zero-order valence-electron chi connectivity index (χ0n) is 15.3. The number of hydrogen-bond donors (Lipinski definition) is 1. The Morgan fingerprint density at radius 1 is 1.28 bits per heavy atom. The first-order chi connectivity index (χ1) is 14.0. The van der Waals surface area contributed by atoms with Gasteiger partial charge in [0.25, 0.3) is 0 Å². The van der Waals surface area contributed by atoms with Gasteiger partial charge in [-0.1, -0.05) is 5.10 Å². The third-order valence-corrected chi connectivity index (χ3v) is 4.86. The molecule has 0 saturated carbocycles. The largest absolute Gasteiger partial charge is 0.441 e. The van der Waals surface area contributed by atoms with Gasteiger partial charge < -0.3 is 14.7 Å². The van der Waals surface area contributed by atoms with Crippen LogP contribution in [0.4, 0.5) is 20.8 Å². The van der Waals surface area contributed by atoms with E-state index in [1.807, 2.05) is 4.90 Å². The van der Waals surface area contributed by atoms with Gasteiger partial charge in [-0.05, 0) is 22.6 Å². The molecule has 12 nitrogen and oxygen atoms in total. The molecule has 29 heavy (non-hydrogen) atoms. The van der Waals surface area contributed by atoms with Gasteiger partial charge in [0.05, 0.1) is 31.9 Å². The number of nitrogens with zero attached hydrogens (tertiary/aromatic N) is 9. The van der Waals surface area contributed by atoms with Gasteiger partial charge in [-0.2, -0.15) is 10.2 Å². The van der Waals surface area contributed by atoms with Crippen LogP contribution in [0.15, 0.2) is 18.2 Å². The number of fused-ring (bicyclic) bond motifs is 1. The summed E-state index contributed by atoms with van der Waals surface area (Å²) < 4.78 is 21.3. The molecular weight excluding hydrogens is 385 g/mol. The average molecular weight is 401 g/mol. The highest BCUT2D eigenvalue weighted by Gasteiger charge is 2.33. The molecule has 3 aromatic rings. The first-order valence-electron chi connectivity index (χ1n) is 8.85. The SMILES string of the molecule is Cn1nnnc1N1Cc2nn(-c3ccc(N4CC(CO)OC4=O)cc3F)nc2C1. The van der Waals surface area contributed by atoms with Crippen molar-refractivity contribution in [3.63, 3.8) is 0 Å². The Bertz CT molecular complexity index is 1070. The van der Waals surface area contributed by atoms with E-state index in [2.05, 4.69) is 25.7 Å². The summed E-state index contributed by atoms with van der Waals surface area (Å²) in [5, 5.41) is 29.3. The number of aliphatic hydroxyl groups is 1. The molecule has 4 heterocycles. The maximum atomic E-state index is 14.7. The lowest BCUT2D eigenvalue weighted by atomic mass is 10.2. The highest BCUT2D eigenvalue weighted by Crippen LogP contribution is 2.27. The number of carbonyl (C=O) groups is 1. The van der Waals surface area contributed by atoms with Crippen molar-refractivity contribution in [3.05, 3.63) is 35.4 Å². The molecule has 2 aliphatic rings. The lowest BCUT2D eigenvalue weighted by molar-refractivity contribution is 0.0963. The Labute approximate surface area is 163 Å². The second-order valence-electron chi connectivity index (χ2n) is 6.78. The Balaban J connectivity index is 1.37. The van der Waals surface area contributed by atoms with Crippen molar-refractivity contribution in [1.82, 2.24) is 35.2 Å². The molecule has 13 heteroatoms. The molecule has 0 spiro atoms. The van der Waals surface area contributed by atoms with E-state index in [1.165, 1.54) is 21.8 Å². The van der Waals surface area contributed by atoms with Crippen LogP contribution in [0.1, 0.15) is 11.4 Å². The van der Waals surface area contributed by atoms with Gasteiger partial charge >= 0.3 is 6.09 Å². The highest BCUT2D eigenvalue weighted by molar-refractivity contribution is 5.89. The minimum absolute atomic E-state index is 0.162. The van der Waals surface area contributed by atoms with E-state index >= 15 is 0 Å². The van der Waals surface area contributed by atoms with E-state index < -0.39 is 18.0 Å². The van der Waals surface area contributed by atoms with E-state index in [1.54, 1.807) is 17.8 Å². The number of carbonyl (C=O) groups excluding carboxylic acids is 1. The third kappa shape index (κ3) is 2.86. The van der Waals surface area contributed by atoms with Gasteiger partial charge in [0.2, 0.25) is 5.95 Å². The topological polar surface area (TPSA) is 127 Å². The Hall–Kier alpha value is -3.61. The van der Waals surface area contributed by atoms with Crippen LogP contribution in [0.3, 0.4) is 0 Å². The number of cyclic esters (lactones) is 1. The summed E-state index contributed by atoms with van der Waals surface area (Å²) in [7, 11) is 1.75. The lowest BCUT2D eigenvalue weighted by Crippen LogP contribution is -2.25. The summed E-state index contributed by atoms with van der Waals surface area (Å²) in [6.45, 7) is 0.805. The molecule has 0 radical (unpaired) electrons. The van der Waals surface area contributed by atoms with Crippen molar-refractivity contribution in [3.8, 4) is 5.69 Å². The number of hydrogen-bond acceptors (Lipinski definition) is 9. The number of rotatable bonds is 4. The van der Waals surface area contributed by atoms with E-state index in [0.29, 0.717) is 36.1 Å². The van der Waals surface area contributed by atoms with E-state index in [9.17, 15) is 9.18 Å². The van der Waals surface area contributed by atoms with E-state index in [0.717, 1.165) is 0 Å². The average Bonchev–Trinajstić information content (AvgIpc) is 3.44. The number of ether oxygens (including phenoxy) is 1. The van der Waals surface area contributed by atoms with Crippen LogP contribution in [0.25, 0.3) is 5.69 Å². The Morgan fingerprint density at radius 3 is 2.62 bits per heavy atom. The van der Waals surface area contributed by atoms with E-state index in [4.69, 9.17) is 9.84 Å². The molecule has 1 saturated heterocycles. The van der Waals surface area contributed by atoms with Crippen LogP contribution >= 0.6 is 0 Å². The number of aliphatic hydroxyl groups excluding tert-OH is 1. The molecule has 2 aliphatic heterocycles. The van der Waals surface area contributed by atoms with Crippen LogP contribution in [0, 0.1) is 5.82 Å². The standard InChI is InChI=1S/C16H16FN9O3/c1-23-15(18-21-22-23)24-6-12-13(7-24)20-26(19-12)14-3-2-9(4-11(14)17)25-5-10(8-27)29-16(25)28/h2-4,10,27H,5-8H2,1H3. The summed E-state index contributed by atoms with van der Waals surface area (Å²) in [4.78, 5) is 16.3. The van der Waals surface area contributed by atoms with Crippen LogP contribution in [0.2, 0.25) is 0 Å². The summed E-state index contributed by atoms with van der Waals surface area (Å²) in [5.41, 5.74) is 1.94. The van der Waals surface area contributed by atoms with Gasteiger partial charge in [-0.25, -0.2) is 13.9 Å². The number of aryl methyl sites for hydroxylation is 1. The smallest absolute Gasteiger partial charge is 0.414 e. The van der Waals surface area contributed by atoms with Crippen molar-refractivity contribution in [2.75, 3.05) is 23.0 Å². The second-order valence-corrected chi connectivity index (χ2v) is 6.78. The van der Waals surface area contributed by atoms with Crippen molar-refractivity contribution in [2.24, 2.45) is 7.05 Å². The molecular formula is C16H16FN9O3. The van der Waals surface area contributed by atoms with Crippen LogP contribution in [-0.4, -0.2) is 65.7 Å². The summed E-state index contributed by atoms with van der Waals surface area (Å²) in [6, 6.07) is 4.32. The summed E-state index contributed by atoms with van der Waals surface area (Å²) in [6.07, 6.45) is -1.24. The zero-order chi connectivity index (χ0) is 20.1. The number of benzene rings is 1. The summed E-state index contributed by atoms with van der Waals surface area (Å²) >= 11 is 0. The van der Waals surface area contributed by atoms with Crippen LogP contribution in [-0.2, 0) is 24.9 Å². The molecule has 150 valence electrons. The normalized spacial score (nSPS) is 18.4. The Kier molecular flexibility index (Phi) is 3.91. The number of amides is 1. The van der Waals surface area contributed by atoms with Gasteiger partial charge in [0.1, 0.15) is 23.2 Å². The van der Waals surface area contributed by atoms with Crippen molar-refractivity contribution >= 4 is 17.7 Å². The first-order valence-corrected chi connectivity index (χ1v) is 8.85. The predicted octanol–water partition coefficient (Wildman–Crippen LogP) is -0.232. The van der Waals surface area contributed by atoms with Crippen molar-refractivity contribution < 1.29 is 19.0 Å². The zero-order valence-corrected chi connectivity index (χ0v) is 15.3. The minimum Gasteiger partial charge on any atom is -0.441 e. The molecule has 1 amide bonds. The first kappa shape index (κ1) is 17.5. The molecule has 5 rings (SSSR count). The molecule has 2 aromatic heterocycles. The molecule has 1 atom stereocenters. The fraction of sp³-hybridized carbons (Fsp3) is 0.375. The maximum Gasteiger partial charge on any atom is 0.414 e. The summed E-state index contributed by atoms with van der Waals surface area (Å²) in [5.74, 6) is 0.0244. The van der Waals surface area contributed by atoms with Crippen LogP contribution < -0.4 is 9.80 Å². The number of anilines is 2. The lowest BCUT2D eigenvalue weighted by Gasteiger charge is -2.15. The van der Waals surface area contributed by atoms with Crippen molar-refractivity contribution in [1.29, 1.82) is 0 Å². The number of aromatic nitrogens is 7. The fourth-order valence-electron chi connectivity index (χ4n) is 3.42. The molecule has 1 unspecified atom stereocenters. The number of tetrazole rings is 1. The third-order valence-electron chi connectivity index (χ3n) is 4.86. The van der Waals surface area contributed by atoms with Crippen molar-refractivity contribution in [2.45, 2.75) is 19.2 Å². The quantitative estimate of drug-likeness (QED) is 0.630. The van der Waals surface area contributed by atoms with Crippen LogP contribution in [0.5, 0.6) is 0 Å². The monoisotopic (exact) mass is 401 g/mol. The van der Waals surface area contributed by atoms with Gasteiger partial charge in [0, 0.05) is 13.1 Å². The molecule has 0 bridgehead atoms. The van der Waals surface area contributed by atoms with Gasteiger partial charge in [-0.15, -0.1) is 4.80 Å². The second kappa shape index (κ2) is 6.48. The fourth-order valence-corrected chi connectivity index (χ4v) is 3.42. The predicted molar refractivity (Wildman–Crippen MR) is 94.7 cm³/mol. The molecule has 0 aliphatic carbocycles. The van der Waals surface area contributed by atoms with E-state index in [-0.39, 0.29) is 18.8 Å². The minimum atomic E-state index is -0.620.